The molecule has 0 amide bonds. The van der Waals surface area contributed by atoms with Gasteiger partial charge in [-0.25, -0.2) is 14.6 Å². The highest BCUT2D eigenvalue weighted by molar-refractivity contribution is 5.86. The van der Waals surface area contributed by atoms with Crippen LogP contribution in [0.15, 0.2) is 73.2 Å². The number of benzene rings is 3. The third kappa shape index (κ3) is 4.01. The van der Waals surface area contributed by atoms with Gasteiger partial charge in [0.15, 0.2) is 5.82 Å². The second-order valence-corrected chi connectivity index (χ2v) is 9.00. The van der Waals surface area contributed by atoms with E-state index in [4.69, 9.17) is 14.8 Å². The molecular formula is C29H27N5O. The van der Waals surface area contributed by atoms with Gasteiger partial charge in [0.1, 0.15) is 11.6 Å². The molecule has 0 spiro atoms. The van der Waals surface area contributed by atoms with Gasteiger partial charge < -0.3 is 9.30 Å². The topological polar surface area (TPSA) is 57.8 Å². The molecule has 35 heavy (non-hydrogen) atoms. The van der Waals surface area contributed by atoms with Crippen molar-refractivity contribution in [1.82, 2.24) is 24.3 Å². The Morgan fingerprint density at radius 1 is 1.03 bits per heavy atom. The summed E-state index contributed by atoms with van der Waals surface area (Å²) in [5.41, 5.74) is 4.29. The fraction of sp³-hybridized carbons (Fsp3) is 0.207. The van der Waals surface area contributed by atoms with E-state index in [1.165, 1.54) is 16.3 Å². The van der Waals surface area contributed by atoms with E-state index >= 15 is 0 Å². The van der Waals surface area contributed by atoms with E-state index in [0.29, 0.717) is 0 Å². The Morgan fingerprint density at radius 3 is 2.77 bits per heavy atom. The van der Waals surface area contributed by atoms with Crippen LogP contribution in [0.1, 0.15) is 47.2 Å². The van der Waals surface area contributed by atoms with Crippen LogP contribution in [0, 0.1) is 6.92 Å². The first-order valence-corrected chi connectivity index (χ1v) is 12.0. The third-order valence-electron chi connectivity index (χ3n) is 6.71. The van der Waals surface area contributed by atoms with E-state index in [0.717, 1.165) is 53.7 Å². The van der Waals surface area contributed by atoms with Crippen LogP contribution in [0.25, 0.3) is 28.6 Å². The highest BCUT2D eigenvalue weighted by atomic mass is 16.5. The number of aryl methyl sites for hydroxylation is 2. The lowest BCUT2D eigenvalue weighted by molar-refractivity contribution is 0.413. The van der Waals surface area contributed by atoms with Crippen LogP contribution in [-0.2, 0) is 6.54 Å². The molecular weight excluding hydrogens is 434 g/mol. The first-order chi connectivity index (χ1) is 17.2. The molecule has 6 rings (SSSR count). The van der Waals surface area contributed by atoms with Gasteiger partial charge in [-0.1, -0.05) is 54.6 Å². The molecule has 1 unspecified atom stereocenters. The van der Waals surface area contributed by atoms with Gasteiger partial charge in [-0.2, -0.15) is 5.10 Å². The molecule has 3 heterocycles. The van der Waals surface area contributed by atoms with Gasteiger partial charge in [-0.05, 0) is 59.9 Å². The molecule has 0 fully saturated rings. The minimum Gasteiger partial charge on any atom is -0.495 e. The normalized spacial score (nSPS) is 15.5. The minimum atomic E-state index is 0.252. The van der Waals surface area contributed by atoms with Crippen molar-refractivity contribution < 1.29 is 4.74 Å². The number of hydrogen-bond donors (Lipinski definition) is 0. The molecule has 1 aliphatic heterocycles. The van der Waals surface area contributed by atoms with Gasteiger partial charge in [0.2, 0.25) is 0 Å². The molecule has 0 aliphatic carbocycles. The largest absolute Gasteiger partial charge is 0.495 e. The second kappa shape index (κ2) is 8.87. The lowest BCUT2D eigenvalue weighted by Gasteiger charge is -2.23. The maximum atomic E-state index is 5.65. The lowest BCUT2D eigenvalue weighted by Crippen LogP contribution is -2.18. The zero-order valence-electron chi connectivity index (χ0n) is 19.9. The van der Waals surface area contributed by atoms with Crippen LogP contribution in [0.4, 0.5) is 0 Å². The van der Waals surface area contributed by atoms with Crippen LogP contribution >= 0.6 is 0 Å². The van der Waals surface area contributed by atoms with Crippen molar-refractivity contribution in [3.8, 4) is 11.4 Å². The highest BCUT2D eigenvalue weighted by Gasteiger charge is 2.26. The molecule has 0 N–H and O–H groups in total. The van der Waals surface area contributed by atoms with E-state index in [2.05, 4.69) is 58.2 Å². The maximum absolute atomic E-state index is 5.65. The molecule has 6 heteroatoms. The van der Waals surface area contributed by atoms with Crippen molar-refractivity contribution in [1.29, 1.82) is 0 Å². The van der Waals surface area contributed by atoms with Crippen molar-refractivity contribution in [2.75, 3.05) is 7.11 Å². The van der Waals surface area contributed by atoms with Gasteiger partial charge in [0.05, 0.1) is 24.8 Å². The molecule has 0 saturated heterocycles. The van der Waals surface area contributed by atoms with E-state index in [9.17, 15) is 0 Å². The van der Waals surface area contributed by atoms with Crippen molar-refractivity contribution in [2.24, 2.45) is 0 Å². The summed E-state index contributed by atoms with van der Waals surface area (Å²) in [7, 11) is 1.69. The average molecular weight is 462 g/mol. The predicted octanol–water partition coefficient (Wildman–Crippen LogP) is 6.03. The maximum Gasteiger partial charge on any atom is 0.174 e. The quantitative estimate of drug-likeness (QED) is 0.321. The lowest BCUT2D eigenvalue weighted by atomic mass is 9.88. The Balaban J connectivity index is 1.30. The van der Waals surface area contributed by atoms with Gasteiger partial charge in [-0.15, -0.1) is 0 Å². The number of methoxy groups -OCH3 is 1. The van der Waals surface area contributed by atoms with Crippen LogP contribution in [0.3, 0.4) is 0 Å². The van der Waals surface area contributed by atoms with Gasteiger partial charge in [0.25, 0.3) is 0 Å². The van der Waals surface area contributed by atoms with Gasteiger partial charge in [-0.3, -0.25) is 0 Å². The Bertz CT molecular complexity index is 1540. The smallest absolute Gasteiger partial charge is 0.174 e. The molecule has 6 nitrogen and oxygen atoms in total. The molecule has 0 radical (unpaired) electrons. The number of imidazole rings is 1. The summed E-state index contributed by atoms with van der Waals surface area (Å²) in [5.74, 6) is 2.83. The predicted molar refractivity (Wildman–Crippen MR) is 139 cm³/mol. The van der Waals surface area contributed by atoms with Crippen LogP contribution in [-0.4, -0.2) is 31.4 Å². The van der Waals surface area contributed by atoms with Crippen LogP contribution < -0.4 is 4.74 Å². The Morgan fingerprint density at radius 2 is 1.91 bits per heavy atom. The van der Waals surface area contributed by atoms with Crippen LogP contribution in [0.5, 0.6) is 5.75 Å². The van der Waals surface area contributed by atoms with Crippen molar-refractivity contribution >= 4 is 22.9 Å². The monoisotopic (exact) mass is 461 g/mol. The number of aromatic nitrogens is 5. The van der Waals surface area contributed by atoms with Gasteiger partial charge >= 0.3 is 0 Å². The Labute approximate surface area is 204 Å². The summed E-state index contributed by atoms with van der Waals surface area (Å²) >= 11 is 0. The summed E-state index contributed by atoms with van der Waals surface area (Å²) in [5, 5.41) is 7.38. The minimum absolute atomic E-state index is 0.252. The zero-order chi connectivity index (χ0) is 23.8. The average Bonchev–Trinajstić information content (AvgIpc) is 3.52. The highest BCUT2D eigenvalue weighted by Crippen LogP contribution is 2.36. The van der Waals surface area contributed by atoms with E-state index < -0.39 is 0 Å². The Hall–Kier alpha value is -4.19. The zero-order valence-corrected chi connectivity index (χ0v) is 19.9. The molecule has 1 atom stereocenters. The SMILES string of the molecule is COc1cc(/C=C/c2nc3n(n2)CCCC3c2cccc3ccccc23)ccc1-n1cnc(C)c1. The van der Waals surface area contributed by atoms with E-state index in [1.807, 2.05) is 42.0 Å². The molecule has 0 bridgehead atoms. The van der Waals surface area contributed by atoms with Crippen LogP contribution in [0.2, 0.25) is 0 Å². The van der Waals surface area contributed by atoms with Crippen molar-refractivity contribution in [3.63, 3.8) is 0 Å². The number of rotatable bonds is 5. The number of ether oxygens (including phenoxy) is 1. The molecule has 5 aromatic rings. The number of nitrogens with zero attached hydrogens (tertiary/aromatic N) is 5. The molecule has 3 aromatic carbocycles. The summed E-state index contributed by atoms with van der Waals surface area (Å²) in [6.07, 6.45) is 10.00. The standard InChI is InChI=1S/C29H27N5O/c1-20-18-33(19-30-20)26-14-12-21(17-27(26)35-2)13-15-28-31-29-25(11-6-16-34(29)32-28)24-10-5-8-22-7-3-4-9-23(22)24/h3-5,7-10,12-15,17-19,25H,6,11,16H2,1-2H3/b15-13+. The number of fused-ring (bicyclic) bond motifs is 2. The van der Waals surface area contributed by atoms with Gasteiger partial charge in [0, 0.05) is 18.7 Å². The van der Waals surface area contributed by atoms with Crippen molar-refractivity contribution in [3.05, 3.63) is 102 Å². The fourth-order valence-corrected chi connectivity index (χ4v) is 5.02. The summed E-state index contributed by atoms with van der Waals surface area (Å²) in [6.45, 7) is 2.88. The fourth-order valence-electron chi connectivity index (χ4n) is 5.02. The molecule has 1 aliphatic rings. The van der Waals surface area contributed by atoms with Crippen molar-refractivity contribution in [2.45, 2.75) is 32.2 Å². The summed E-state index contributed by atoms with van der Waals surface area (Å²) < 4.78 is 9.70. The first-order valence-electron chi connectivity index (χ1n) is 12.0. The molecule has 174 valence electrons. The summed E-state index contributed by atoms with van der Waals surface area (Å²) in [4.78, 5) is 9.28. The third-order valence-corrected chi connectivity index (χ3v) is 6.71. The summed E-state index contributed by atoms with van der Waals surface area (Å²) in [6, 6.07) is 21.3. The van der Waals surface area contributed by atoms with E-state index in [1.54, 1.807) is 13.4 Å². The van der Waals surface area contributed by atoms with E-state index in [-0.39, 0.29) is 5.92 Å². The first kappa shape index (κ1) is 21.4. The Kier molecular flexibility index (Phi) is 5.41. The molecule has 0 saturated carbocycles. The molecule has 2 aromatic heterocycles. The second-order valence-electron chi connectivity index (χ2n) is 9.00. The number of hydrogen-bond acceptors (Lipinski definition) is 4.